The standard InChI is InChI=1S/C44H41N5O13S4/c1-43(2,3)22-44(4,5)23-15-18-30(34(19-23)66(57,58)59)60-31-21-29(46-27-17-16-24(65(54,55)56)20-32(27)63-62-61-51)36-37-35(25-11-7-8-12-26(25)40(36)50)38(41(45-6)48-39(31)37)42-47-28-13-9-10-14-33(28)64(52,53)49-42/h7-21,46,51H,22H2,1-6H3,(H,45,48)(H,47,49)(H,54,55,56)(H,57,58,59). The second kappa shape index (κ2) is 16.7. The van der Waals surface area contributed by atoms with Crippen molar-refractivity contribution in [3.05, 3.63) is 113 Å². The van der Waals surface area contributed by atoms with Crippen LogP contribution in [0.4, 0.5) is 22.9 Å². The molecule has 0 saturated heterocycles. The number of aromatic nitrogens is 1. The lowest BCUT2D eigenvalue weighted by molar-refractivity contribution is -0.432. The Morgan fingerprint density at radius 1 is 0.803 bits per heavy atom. The second-order valence-electron chi connectivity index (χ2n) is 17.2. The normalized spacial score (nSPS) is 14.5. The van der Waals surface area contributed by atoms with Crippen LogP contribution in [0.15, 0.2) is 116 Å². The van der Waals surface area contributed by atoms with E-state index in [0.29, 0.717) is 29.6 Å². The topological polar surface area (TPSA) is 269 Å². The third-order valence-electron chi connectivity index (χ3n) is 10.9. The van der Waals surface area contributed by atoms with E-state index >= 15 is 0 Å². The van der Waals surface area contributed by atoms with Gasteiger partial charge in [0.1, 0.15) is 26.9 Å². The lowest BCUT2D eigenvalue weighted by Gasteiger charge is -2.33. The van der Waals surface area contributed by atoms with Gasteiger partial charge in [0.15, 0.2) is 17.4 Å². The lowest BCUT2D eigenvalue weighted by Crippen LogP contribution is -2.35. The zero-order chi connectivity index (χ0) is 47.7. The molecule has 1 aromatic heterocycles. The number of ketones is 1. The molecule has 0 unspecified atom stereocenters. The molecule has 0 fully saturated rings. The van der Waals surface area contributed by atoms with Crippen molar-refractivity contribution in [1.29, 1.82) is 0 Å². The first-order chi connectivity index (χ1) is 30.9. The predicted molar refractivity (Wildman–Crippen MR) is 247 cm³/mol. The number of anilines is 3. The molecule has 1 aliphatic carbocycles. The highest BCUT2D eigenvalue weighted by atomic mass is 32.2. The van der Waals surface area contributed by atoms with Crippen molar-refractivity contribution in [3.63, 3.8) is 0 Å². The van der Waals surface area contributed by atoms with Gasteiger partial charge in [-0.15, -0.1) is 4.33 Å². The van der Waals surface area contributed by atoms with Gasteiger partial charge in [-0.05, 0) is 70.8 Å². The lowest BCUT2D eigenvalue weighted by atomic mass is 9.72. The number of ether oxygens (including phenoxy) is 1. The number of hydrogen-bond donors (Lipinski definition) is 6. The number of para-hydroxylation sites is 1. The van der Waals surface area contributed by atoms with E-state index in [4.69, 9.17) is 20.0 Å². The third-order valence-corrected chi connectivity index (χ3v) is 14.6. The molecule has 22 heteroatoms. The maximum absolute atomic E-state index is 15.0. The molecule has 2 aliphatic rings. The van der Waals surface area contributed by atoms with Crippen molar-refractivity contribution in [2.45, 2.75) is 66.0 Å². The Morgan fingerprint density at radius 3 is 2.17 bits per heavy atom. The number of hydrogen-bond acceptors (Lipinski definition) is 16. The van der Waals surface area contributed by atoms with Crippen LogP contribution in [0.1, 0.15) is 68.1 Å². The summed E-state index contributed by atoms with van der Waals surface area (Å²) in [6.45, 7) is 10.0. The van der Waals surface area contributed by atoms with Gasteiger partial charge >= 0.3 is 0 Å². The Balaban J connectivity index is 1.47. The van der Waals surface area contributed by atoms with Gasteiger partial charge in [-0.1, -0.05) is 82.1 Å². The van der Waals surface area contributed by atoms with Crippen molar-refractivity contribution in [1.82, 2.24) is 9.71 Å². The first-order valence-corrected chi connectivity index (χ1v) is 24.9. The van der Waals surface area contributed by atoms with Gasteiger partial charge in [-0.3, -0.25) is 18.6 Å². The minimum absolute atomic E-state index is 0.0204. The molecule has 0 spiro atoms. The number of carbonyl (C=O) groups excluding carboxylic acids is 1. The van der Waals surface area contributed by atoms with Crippen molar-refractivity contribution in [2.24, 2.45) is 10.4 Å². The zero-order valence-electron chi connectivity index (χ0n) is 35.8. The van der Waals surface area contributed by atoms with E-state index in [1.807, 2.05) is 34.6 Å². The minimum atomic E-state index is -4.98. The molecular weight excluding hydrogens is 935 g/mol. The van der Waals surface area contributed by atoms with Crippen LogP contribution in [-0.4, -0.2) is 63.3 Å². The van der Waals surface area contributed by atoms with Crippen molar-refractivity contribution >= 4 is 87.7 Å². The summed E-state index contributed by atoms with van der Waals surface area (Å²) in [5, 5.41) is 19.0. The highest BCUT2D eigenvalue weighted by Gasteiger charge is 2.38. The van der Waals surface area contributed by atoms with E-state index in [9.17, 15) is 39.2 Å². The van der Waals surface area contributed by atoms with Crippen LogP contribution in [0.25, 0.3) is 22.0 Å². The number of carbonyl (C=O) groups is 1. The molecule has 0 saturated carbocycles. The Kier molecular flexibility index (Phi) is 11.8. The molecule has 5 aromatic carbocycles. The van der Waals surface area contributed by atoms with Crippen molar-refractivity contribution < 1.29 is 58.5 Å². The van der Waals surface area contributed by atoms with Crippen LogP contribution in [-0.2, 0) is 45.0 Å². The molecule has 1 aliphatic heterocycles. The summed E-state index contributed by atoms with van der Waals surface area (Å²) >= 11 is 0.336. The number of benzene rings is 5. The Hall–Kier alpha value is -5.95. The van der Waals surface area contributed by atoms with Crippen LogP contribution in [0.2, 0.25) is 0 Å². The number of sulfonamides is 1. The van der Waals surface area contributed by atoms with Crippen LogP contribution in [0.5, 0.6) is 11.5 Å². The number of amidine groups is 1. The third kappa shape index (κ3) is 8.74. The minimum Gasteiger partial charge on any atom is -0.454 e. The second-order valence-corrected chi connectivity index (χ2v) is 22.4. The van der Waals surface area contributed by atoms with Crippen LogP contribution in [0, 0.1) is 5.41 Å². The molecule has 2 heterocycles. The highest BCUT2D eigenvalue weighted by Crippen LogP contribution is 2.51. The number of fused-ring (bicyclic) bond motifs is 3. The fourth-order valence-corrected chi connectivity index (χ4v) is 11.4. The van der Waals surface area contributed by atoms with E-state index in [2.05, 4.69) is 24.7 Å². The van der Waals surface area contributed by atoms with Gasteiger partial charge in [-0.2, -0.15) is 16.8 Å². The van der Waals surface area contributed by atoms with E-state index in [0.717, 1.165) is 12.1 Å². The summed E-state index contributed by atoms with van der Waals surface area (Å²) in [6, 6.07) is 21.7. The van der Waals surface area contributed by atoms with Gasteiger partial charge < -0.3 is 15.4 Å². The summed E-state index contributed by atoms with van der Waals surface area (Å²) in [4.78, 5) is 23.3. The number of nitrogens with zero attached hydrogens (tertiary/aromatic N) is 2. The molecular formula is C44H41N5O13S4. The average molecular weight is 976 g/mol. The van der Waals surface area contributed by atoms with Gasteiger partial charge in [-0.25, -0.2) is 23.7 Å². The molecule has 8 rings (SSSR count). The number of nitrogens with one attached hydrogen (secondary N) is 3. The molecule has 18 nitrogen and oxygen atoms in total. The fourth-order valence-electron chi connectivity index (χ4n) is 8.54. The molecule has 344 valence electrons. The Labute approximate surface area is 384 Å². The maximum atomic E-state index is 15.0. The number of aliphatic imine (C=N–C) groups is 1. The average Bonchev–Trinajstić information content (AvgIpc) is 3.23. The van der Waals surface area contributed by atoms with Gasteiger partial charge in [0.05, 0.1) is 50.0 Å². The fraction of sp³-hybridized carbons (Fsp3) is 0.205. The number of pyridine rings is 1. The SMILES string of the molecule is CNc1nc2c(Oc3ccc(C(C)(C)CC(C)(C)C)cc3S(=O)(=O)O)cc(Nc3ccc(S(=O)(=O)O)cc3SOOO)c3c2c(c1C1=Nc2ccccc2S(=O)(=O)N1)-c1ccccc1C3=O. The molecule has 0 bridgehead atoms. The van der Waals surface area contributed by atoms with Crippen LogP contribution in [0.3, 0.4) is 0 Å². The molecule has 66 heavy (non-hydrogen) atoms. The van der Waals surface area contributed by atoms with E-state index in [1.165, 1.54) is 43.4 Å². The predicted octanol–water partition coefficient (Wildman–Crippen LogP) is 9.03. The monoisotopic (exact) mass is 975 g/mol. The molecule has 0 atom stereocenters. The first kappa shape index (κ1) is 46.6. The van der Waals surface area contributed by atoms with Crippen molar-refractivity contribution in [3.8, 4) is 22.6 Å². The Morgan fingerprint density at radius 2 is 1.50 bits per heavy atom. The van der Waals surface area contributed by atoms with Gasteiger partial charge in [0.25, 0.3) is 30.3 Å². The van der Waals surface area contributed by atoms with Gasteiger partial charge in [0.2, 0.25) is 0 Å². The van der Waals surface area contributed by atoms with Crippen molar-refractivity contribution in [2.75, 3.05) is 17.7 Å². The summed E-state index contributed by atoms with van der Waals surface area (Å²) in [6.07, 6.45) is 0.636. The molecule has 0 amide bonds. The summed E-state index contributed by atoms with van der Waals surface area (Å²) in [5.74, 6) is -1.13. The van der Waals surface area contributed by atoms with E-state index < -0.39 is 51.2 Å². The largest absolute Gasteiger partial charge is 0.454 e. The summed E-state index contributed by atoms with van der Waals surface area (Å²) in [7, 11) is -12.4. The molecule has 6 N–H and O–H groups in total. The highest BCUT2D eigenvalue weighted by molar-refractivity contribution is 7.94. The summed E-state index contributed by atoms with van der Waals surface area (Å²) in [5.41, 5.74) is 0.788. The van der Waals surface area contributed by atoms with E-state index in [1.54, 1.807) is 42.5 Å². The maximum Gasteiger partial charge on any atom is 0.298 e. The van der Waals surface area contributed by atoms with E-state index in [-0.39, 0.29) is 88.6 Å². The Bertz CT molecular complexity index is 3410. The molecule has 6 aromatic rings. The summed E-state index contributed by atoms with van der Waals surface area (Å²) < 4.78 is 113. The van der Waals surface area contributed by atoms with Gasteiger partial charge in [0, 0.05) is 29.6 Å². The van der Waals surface area contributed by atoms with Crippen LogP contribution >= 0.6 is 12.0 Å². The zero-order valence-corrected chi connectivity index (χ0v) is 39.1. The quantitative estimate of drug-likeness (QED) is 0.0272. The molecule has 0 radical (unpaired) electrons. The first-order valence-electron chi connectivity index (χ1n) is 19.8. The van der Waals surface area contributed by atoms with Crippen LogP contribution < -0.4 is 20.1 Å². The smallest absolute Gasteiger partial charge is 0.298 e. The number of rotatable bonds is 13.